The molecule has 2 saturated heterocycles. The fourth-order valence-electron chi connectivity index (χ4n) is 5.56. The van der Waals surface area contributed by atoms with E-state index in [1.807, 2.05) is 24.0 Å². The quantitative estimate of drug-likeness (QED) is 0.816. The van der Waals surface area contributed by atoms with Crippen LogP contribution in [0.15, 0.2) is 23.0 Å². The van der Waals surface area contributed by atoms with E-state index in [-0.39, 0.29) is 48.3 Å². The average Bonchev–Trinajstić information content (AvgIpc) is 3.30. The van der Waals surface area contributed by atoms with Crippen molar-refractivity contribution in [2.45, 2.75) is 58.2 Å². The van der Waals surface area contributed by atoms with Crippen LogP contribution >= 0.6 is 0 Å². The fraction of sp³-hybridized carbons (Fsp3) is 0.609. The number of allylic oxidation sites excluding steroid dienone is 1. The molecule has 0 radical (unpaired) electrons. The summed E-state index contributed by atoms with van der Waals surface area (Å²) in [7, 11) is 0. The first-order valence-corrected chi connectivity index (χ1v) is 11.1. The number of rotatable bonds is 4. The van der Waals surface area contributed by atoms with Crippen molar-refractivity contribution >= 4 is 17.9 Å². The zero-order chi connectivity index (χ0) is 21.4. The lowest BCUT2D eigenvalue weighted by Crippen LogP contribution is -2.52. The predicted octanol–water partition coefficient (Wildman–Crippen LogP) is 1.79. The van der Waals surface area contributed by atoms with Gasteiger partial charge in [-0.2, -0.15) is 0 Å². The molecule has 2 amide bonds. The third-order valence-corrected chi connectivity index (χ3v) is 6.96. The molecule has 1 N–H and O–H groups in total. The summed E-state index contributed by atoms with van der Waals surface area (Å²) in [6.45, 7) is 5.32. The van der Waals surface area contributed by atoms with Crippen LogP contribution in [0, 0.1) is 11.8 Å². The second kappa shape index (κ2) is 8.38. The number of hydrogen-bond acceptors (Lipinski definition) is 4. The molecule has 0 saturated carbocycles. The maximum atomic E-state index is 13.5. The van der Waals surface area contributed by atoms with Crippen LogP contribution in [0.2, 0.25) is 0 Å². The van der Waals surface area contributed by atoms with Crippen LogP contribution < -0.4 is 5.56 Å². The summed E-state index contributed by atoms with van der Waals surface area (Å²) < 4.78 is 1.73. The van der Waals surface area contributed by atoms with Gasteiger partial charge in [-0.15, -0.1) is 0 Å². The number of hydrogen-bond donors (Lipinski definition) is 1. The number of fused-ring (bicyclic) bond motifs is 3. The molecule has 7 nitrogen and oxygen atoms in total. The van der Waals surface area contributed by atoms with Gasteiger partial charge < -0.3 is 19.5 Å². The molecule has 30 heavy (non-hydrogen) atoms. The summed E-state index contributed by atoms with van der Waals surface area (Å²) in [6, 6.07) is 2.69. The van der Waals surface area contributed by atoms with E-state index in [1.54, 1.807) is 28.5 Å². The highest BCUT2D eigenvalue weighted by atomic mass is 16.3. The van der Waals surface area contributed by atoms with Gasteiger partial charge in [0.2, 0.25) is 11.8 Å². The molecule has 7 heteroatoms. The third-order valence-electron chi connectivity index (χ3n) is 6.96. The number of aromatic nitrogens is 1. The van der Waals surface area contributed by atoms with Crippen LogP contribution in [0.5, 0.6) is 0 Å². The molecule has 0 aromatic carbocycles. The molecule has 0 unspecified atom stereocenters. The van der Waals surface area contributed by atoms with E-state index in [0.29, 0.717) is 25.2 Å². The predicted molar refractivity (Wildman–Crippen MR) is 114 cm³/mol. The van der Waals surface area contributed by atoms with Gasteiger partial charge in [0.05, 0.1) is 6.04 Å². The van der Waals surface area contributed by atoms with Gasteiger partial charge in [0.15, 0.2) is 0 Å². The number of likely N-dealkylation sites (tertiary alicyclic amines) is 2. The van der Waals surface area contributed by atoms with E-state index in [1.165, 1.54) is 0 Å². The molecule has 0 aliphatic carbocycles. The molecule has 1 aromatic heterocycles. The molecular formula is C23H31N3O4. The highest BCUT2D eigenvalue weighted by molar-refractivity contribution is 5.89. The molecule has 3 aliphatic rings. The van der Waals surface area contributed by atoms with Crippen LogP contribution in [0.4, 0.5) is 0 Å². The first kappa shape index (κ1) is 20.8. The topological polar surface area (TPSA) is 82.8 Å². The van der Waals surface area contributed by atoms with Gasteiger partial charge in [0.25, 0.3) is 5.56 Å². The molecule has 2 fully saturated rings. The minimum Gasteiger partial charge on any atom is -0.396 e. The number of amides is 2. The molecule has 4 heterocycles. The number of nitrogens with zero attached hydrogens (tertiary/aromatic N) is 3. The third kappa shape index (κ3) is 3.20. The summed E-state index contributed by atoms with van der Waals surface area (Å²) in [6.07, 6.45) is 6.96. The van der Waals surface area contributed by atoms with E-state index >= 15 is 0 Å². The van der Waals surface area contributed by atoms with Crippen molar-refractivity contribution in [1.29, 1.82) is 0 Å². The van der Waals surface area contributed by atoms with Crippen LogP contribution in [-0.2, 0) is 16.1 Å². The SMILES string of the molecule is C/C=C\c1ccc2n(c1=O)C[C@@H]1[C@@H](CO)[C@H](C(=O)N3CCCCC3)N(C(=O)CC)[C@H]21. The number of pyridine rings is 1. The van der Waals surface area contributed by atoms with Gasteiger partial charge in [0.1, 0.15) is 6.04 Å². The summed E-state index contributed by atoms with van der Waals surface area (Å²) >= 11 is 0. The lowest BCUT2D eigenvalue weighted by molar-refractivity contribution is -0.147. The van der Waals surface area contributed by atoms with Crippen molar-refractivity contribution in [3.8, 4) is 0 Å². The first-order chi connectivity index (χ1) is 14.5. The van der Waals surface area contributed by atoms with Crippen molar-refractivity contribution in [3.63, 3.8) is 0 Å². The molecule has 1 aromatic rings. The highest BCUT2D eigenvalue weighted by Gasteiger charge is 2.57. The van der Waals surface area contributed by atoms with Crippen LogP contribution in [0.25, 0.3) is 6.08 Å². The molecule has 0 spiro atoms. The fourth-order valence-corrected chi connectivity index (χ4v) is 5.56. The number of piperidine rings is 1. The second-order valence-electron chi connectivity index (χ2n) is 8.57. The maximum Gasteiger partial charge on any atom is 0.258 e. The summed E-state index contributed by atoms with van der Waals surface area (Å²) in [5.41, 5.74) is 1.29. The Morgan fingerprint density at radius 2 is 1.93 bits per heavy atom. The number of carbonyl (C=O) groups is 2. The van der Waals surface area contributed by atoms with Crippen molar-refractivity contribution in [2.75, 3.05) is 19.7 Å². The monoisotopic (exact) mass is 413 g/mol. The second-order valence-corrected chi connectivity index (χ2v) is 8.57. The lowest BCUT2D eigenvalue weighted by Gasteiger charge is -2.36. The minimum atomic E-state index is -0.658. The Bertz CT molecular complexity index is 916. The van der Waals surface area contributed by atoms with Gasteiger partial charge in [-0.1, -0.05) is 19.1 Å². The normalized spacial score (nSPS) is 28.1. The Hall–Kier alpha value is -2.41. The number of carbonyl (C=O) groups excluding carboxylic acids is 2. The van der Waals surface area contributed by atoms with Gasteiger partial charge in [-0.05, 0) is 38.3 Å². The first-order valence-electron chi connectivity index (χ1n) is 11.1. The summed E-state index contributed by atoms with van der Waals surface area (Å²) in [5, 5.41) is 10.3. The molecule has 162 valence electrons. The van der Waals surface area contributed by atoms with Gasteiger partial charge in [-0.3, -0.25) is 14.4 Å². The Labute approximate surface area is 177 Å². The van der Waals surface area contributed by atoms with Crippen molar-refractivity contribution < 1.29 is 14.7 Å². The average molecular weight is 414 g/mol. The van der Waals surface area contributed by atoms with E-state index in [0.717, 1.165) is 25.0 Å². The van der Waals surface area contributed by atoms with Gasteiger partial charge in [-0.25, -0.2) is 0 Å². The van der Waals surface area contributed by atoms with Crippen molar-refractivity contribution in [2.24, 2.45) is 11.8 Å². The van der Waals surface area contributed by atoms with Crippen LogP contribution in [-0.4, -0.2) is 57.0 Å². The smallest absolute Gasteiger partial charge is 0.258 e. The number of aliphatic hydroxyl groups excluding tert-OH is 1. The standard InChI is InChI=1S/C23H31N3O4/c1-3-8-15-9-10-18-20-16(13-25(18)22(15)29)17(14-27)21(26(20)19(28)4-2)23(30)24-11-6-5-7-12-24/h3,8-10,16-17,20-21,27H,4-7,11-14H2,1-2H3/b8-3-/t16-,17-,20+,21-/m1/s1. The lowest BCUT2D eigenvalue weighted by atomic mass is 9.88. The van der Waals surface area contributed by atoms with E-state index < -0.39 is 6.04 Å². The Balaban J connectivity index is 1.77. The van der Waals surface area contributed by atoms with Crippen LogP contribution in [0.3, 0.4) is 0 Å². The zero-order valence-electron chi connectivity index (χ0n) is 17.8. The molecular weight excluding hydrogens is 382 g/mol. The van der Waals surface area contributed by atoms with Gasteiger partial charge >= 0.3 is 0 Å². The molecule has 4 atom stereocenters. The largest absolute Gasteiger partial charge is 0.396 e. The van der Waals surface area contributed by atoms with Gasteiger partial charge in [0, 0.05) is 55.8 Å². The van der Waals surface area contributed by atoms with E-state index in [2.05, 4.69) is 0 Å². The molecule has 4 rings (SSSR count). The Morgan fingerprint density at radius 3 is 2.57 bits per heavy atom. The molecule has 0 bridgehead atoms. The highest BCUT2D eigenvalue weighted by Crippen LogP contribution is 2.49. The van der Waals surface area contributed by atoms with E-state index in [4.69, 9.17) is 0 Å². The summed E-state index contributed by atoms with van der Waals surface area (Å²) in [4.78, 5) is 43.1. The van der Waals surface area contributed by atoms with Crippen molar-refractivity contribution in [1.82, 2.24) is 14.4 Å². The zero-order valence-corrected chi connectivity index (χ0v) is 17.8. The number of aliphatic hydroxyl groups is 1. The van der Waals surface area contributed by atoms with Crippen LogP contribution in [0.1, 0.15) is 56.8 Å². The van der Waals surface area contributed by atoms with Crippen molar-refractivity contribution in [3.05, 3.63) is 39.8 Å². The molecule has 3 aliphatic heterocycles. The minimum absolute atomic E-state index is 0.0515. The Kier molecular flexibility index (Phi) is 5.82. The summed E-state index contributed by atoms with van der Waals surface area (Å²) in [5.74, 6) is -0.665. The van der Waals surface area contributed by atoms with E-state index in [9.17, 15) is 19.5 Å². The maximum absolute atomic E-state index is 13.5. The Morgan fingerprint density at radius 1 is 1.20 bits per heavy atom.